The molecule has 39 heavy (non-hydrogen) atoms. The zero-order valence-corrected chi connectivity index (χ0v) is 23.6. The Morgan fingerprint density at radius 3 is 2.21 bits per heavy atom. The van der Waals surface area contributed by atoms with E-state index in [2.05, 4.69) is 0 Å². The molecule has 0 spiro atoms. The van der Waals surface area contributed by atoms with Crippen LogP contribution in [0.2, 0.25) is 5.02 Å². The summed E-state index contributed by atoms with van der Waals surface area (Å²) >= 11 is 6.40. The molecule has 3 aliphatic heterocycles. The number of carbonyl (C=O) groups is 2. The van der Waals surface area contributed by atoms with E-state index in [1.54, 1.807) is 16.4 Å². The summed E-state index contributed by atoms with van der Waals surface area (Å²) < 4.78 is 65.9. The number of rotatable bonds is 9. The molecule has 1 aromatic rings. The first-order valence-corrected chi connectivity index (χ1v) is 16.0. The van der Waals surface area contributed by atoms with Gasteiger partial charge in [-0.3, -0.25) is 9.59 Å². The van der Waals surface area contributed by atoms with Gasteiger partial charge in [0.25, 0.3) is 0 Å². The summed E-state index contributed by atoms with van der Waals surface area (Å²) in [5.74, 6) is 0.268. The molecular formula is C28H36ClF3N2O4S. The predicted octanol–water partition coefficient (Wildman–Crippen LogP) is 5.21. The van der Waals surface area contributed by atoms with E-state index in [0.717, 1.165) is 24.0 Å². The first kappa shape index (κ1) is 29.0. The van der Waals surface area contributed by atoms with Crippen molar-refractivity contribution in [1.29, 1.82) is 0 Å². The molecule has 0 radical (unpaired) electrons. The molecular weight excluding hydrogens is 553 g/mol. The summed E-state index contributed by atoms with van der Waals surface area (Å²) in [5.41, 5.74) is 2.23. The van der Waals surface area contributed by atoms with Gasteiger partial charge in [-0.25, -0.2) is 8.42 Å². The quantitative estimate of drug-likeness (QED) is 0.370. The summed E-state index contributed by atoms with van der Waals surface area (Å²) in [5, 5.41) is 0.378. The van der Waals surface area contributed by atoms with Crippen LogP contribution < -0.4 is 0 Å². The number of hydrogen-bond donors (Lipinski definition) is 0. The first-order chi connectivity index (χ1) is 18.4. The summed E-state index contributed by atoms with van der Waals surface area (Å²) in [4.78, 5) is 27.0. The number of sulfonamides is 1. The summed E-state index contributed by atoms with van der Waals surface area (Å²) in [6.07, 6.45) is 0.437. The third kappa shape index (κ3) is 6.88. The topological polar surface area (TPSA) is 74.8 Å². The molecule has 2 bridgehead atoms. The van der Waals surface area contributed by atoms with Gasteiger partial charge in [-0.15, -0.1) is 0 Å². The Balaban J connectivity index is 1.13. The van der Waals surface area contributed by atoms with Gasteiger partial charge in [-0.2, -0.15) is 17.5 Å². The second kappa shape index (κ2) is 11.4. The van der Waals surface area contributed by atoms with Crippen LogP contribution in [0, 0.1) is 11.8 Å². The Bertz CT molecular complexity index is 1200. The molecule has 5 rings (SSSR count). The van der Waals surface area contributed by atoms with Gasteiger partial charge in [0.1, 0.15) is 5.78 Å². The van der Waals surface area contributed by atoms with E-state index in [0.29, 0.717) is 75.2 Å². The summed E-state index contributed by atoms with van der Waals surface area (Å²) in [7, 11) is -3.47. The molecule has 4 aliphatic rings. The van der Waals surface area contributed by atoms with Crippen molar-refractivity contribution in [3.05, 3.63) is 33.8 Å². The fraction of sp³-hybridized carbons (Fsp3) is 0.714. The lowest BCUT2D eigenvalue weighted by Crippen LogP contribution is -2.49. The van der Waals surface area contributed by atoms with Crippen LogP contribution in [-0.4, -0.2) is 72.8 Å². The maximum absolute atomic E-state index is 13.5. The molecule has 216 valence electrons. The van der Waals surface area contributed by atoms with Crippen molar-refractivity contribution in [2.45, 2.75) is 88.9 Å². The van der Waals surface area contributed by atoms with Crippen LogP contribution in [0.5, 0.6) is 0 Å². The van der Waals surface area contributed by atoms with Crippen LogP contribution in [0.4, 0.5) is 13.2 Å². The highest BCUT2D eigenvalue weighted by Crippen LogP contribution is 2.43. The fourth-order valence-electron chi connectivity index (χ4n) is 7.19. The number of likely N-dealkylation sites (tertiary alicyclic amines) is 1. The molecule has 0 N–H and O–H groups in total. The number of piperidine rings is 2. The number of halogens is 4. The zero-order chi connectivity index (χ0) is 27.9. The SMILES string of the molecule is O=C1Cc2cc(Cl)c(C(=O)CC3C[C@H]4CC[C@@H](C3)N4S(=O)(=O)CC3CCN(CCCC(F)(F)F)CC3)cc2C1. The molecule has 3 fully saturated rings. The van der Waals surface area contributed by atoms with Gasteiger partial charge >= 0.3 is 6.18 Å². The van der Waals surface area contributed by atoms with E-state index in [1.807, 2.05) is 4.90 Å². The van der Waals surface area contributed by atoms with E-state index in [-0.39, 0.29) is 47.7 Å². The average Bonchev–Trinajstić information content (AvgIpc) is 3.34. The van der Waals surface area contributed by atoms with Crippen molar-refractivity contribution in [2.24, 2.45) is 11.8 Å². The van der Waals surface area contributed by atoms with Crippen LogP contribution in [-0.2, 0) is 27.7 Å². The molecule has 1 unspecified atom stereocenters. The third-order valence-corrected chi connectivity index (χ3v) is 11.5. The van der Waals surface area contributed by atoms with E-state index < -0.39 is 22.6 Å². The third-order valence-electron chi connectivity index (χ3n) is 9.01. The molecule has 1 aliphatic carbocycles. The minimum absolute atomic E-state index is 0.0152. The largest absolute Gasteiger partial charge is 0.389 e. The van der Waals surface area contributed by atoms with E-state index >= 15 is 0 Å². The van der Waals surface area contributed by atoms with Crippen LogP contribution >= 0.6 is 11.6 Å². The maximum Gasteiger partial charge on any atom is 0.389 e. The Hall–Kier alpha value is -1.49. The van der Waals surface area contributed by atoms with Crippen molar-refractivity contribution in [2.75, 3.05) is 25.4 Å². The number of carbonyl (C=O) groups excluding carboxylic acids is 2. The van der Waals surface area contributed by atoms with E-state index in [4.69, 9.17) is 11.6 Å². The van der Waals surface area contributed by atoms with Crippen molar-refractivity contribution in [1.82, 2.24) is 9.21 Å². The normalized spacial score (nSPS) is 26.8. The zero-order valence-electron chi connectivity index (χ0n) is 22.0. The average molecular weight is 589 g/mol. The van der Waals surface area contributed by atoms with Gasteiger partial charge in [0.2, 0.25) is 10.0 Å². The Morgan fingerprint density at radius 1 is 0.974 bits per heavy atom. The van der Waals surface area contributed by atoms with Gasteiger partial charge in [-0.05, 0) is 99.7 Å². The highest BCUT2D eigenvalue weighted by molar-refractivity contribution is 7.89. The highest BCUT2D eigenvalue weighted by Gasteiger charge is 2.47. The maximum atomic E-state index is 13.5. The molecule has 6 nitrogen and oxygen atoms in total. The number of fused-ring (bicyclic) bond motifs is 3. The lowest BCUT2D eigenvalue weighted by atomic mass is 9.86. The molecule has 3 saturated heterocycles. The Labute approximate surface area is 233 Å². The van der Waals surface area contributed by atoms with Gasteiger partial charge in [0.05, 0.1) is 10.8 Å². The fourth-order valence-corrected chi connectivity index (χ4v) is 9.88. The van der Waals surface area contributed by atoms with Gasteiger partial charge in [-0.1, -0.05) is 11.6 Å². The first-order valence-electron chi connectivity index (χ1n) is 14.0. The molecule has 3 atom stereocenters. The molecule has 1 aromatic carbocycles. The van der Waals surface area contributed by atoms with Gasteiger partial charge in [0.15, 0.2) is 5.78 Å². The van der Waals surface area contributed by atoms with Crippen molar-refractivity contribution in [3.8, 4) is 0 Å². The van der Waals surface area contributed by atoms with Crippen LogP contribution in [0.1, 0.15) is 79.3 Å². The number of benzene rings is 1. The number of alkyl halides is 3. The molecule has 0 amide bonds. The van der Waals surface area contributed by atoms with Crippen molar-refractivity contribution in [3.63, 3.8) is 0 Å². The highest BCUT2D eigenvalue weighted by atomic mass is 35.5. The van der Waals surface area contributed by atoms with Crippen LogP contribution in [0.25, 0.3) is 0 Å². The minimum atomic E-state index is -4.14. The van der Waals surface area contributed by atoms with E-state index in [1.165, 1.54) is 0 Å². The minimum Gasteiger partial charge on any atom is -0.303 e. The lowest BCUT2D eigenvalue weighted by Gasteiger charge is -2.39. The summed E-state index contributed by atoms with van der Waals surface area (Å²) in [6.45, 7) is 1.66. The standard InChI is InChI=1S/C28H36ClF3N2O4S/c29-26-16-21-14-24(35)13-20(21)15-25(26)27(36)12-19-10-22-2-3-23(11-19)34(22)39(37,38)17-18-4-8-33(9-5-18)7-1-6-28(30,31)32/h15-16,18-19,22-23H,1-14,17H2/t19?,22-,23+. The van der Waals surface area contributed by atoms with Crippen LogP contribution in [0.15, 0.2) is 12.1 Å². The predicted molar refractivity (Wildman–Crippen MR) is 142 cm³/mol. The number of ketones is 2. The second-order valence-corrected chi connectivity index (χ2v) is 14.3. The molecule has 3 heterocycles. The van der Waals surface area contributed by atoms with Crippen molar-refractivity contribution < 1.29 is 31.2 Å². The van der Waals surface area contributed by atoms with E-state index in [9.17, 15) is 31.2 Å². The second-order valence-electron chi connectivity index (χ2n) is 12.0. The number of nitrogens with zero attached hydrogens (tertiary/aromatic N) is 2. The molecule has 0 saturated carbocycles. The Kier molecular flexibility index (Phi) is 8.49. The number of hydrogen-bond acceptors (Lipinski definition) is 5. The lowest BCUT2D eigenvalue weighted by molar-refractivity contribution is -0.136. The van der Waals surface area contributed by atoms with Crippen LogP contribution in [0.3, 0.4) is 0 Å². The van der Waals surface area contributed by atoms with Gasteiger partial charge < -0.3 is 4.90 Å². The monoisotopic (exact) mass is 588 g/mol. The smallest absolute Gasteiger partial charge is 0.303 e. The summed E-state index contributed by atoms with van der Waals surface area (Å²) in [6, 6.07) is 3.31. The molecule has 0 aromatic heterocycles. The van der Waals surface area contributed by atoms with Gasteiger partial charge in [0, 0.05) is 43.3 Å². The molecule has 11 heteroatoms. The number of Topliss-reactive ketones (excluding diaryl/α,β-unsaturated/α-hetero) is 2. The Morgan fingerprint density at radius 2 is 1.59 bits per heavy atom. The van der Waals surface area contributed by atoms with Crippen molar-refractivity contribution >= 4 is 33.2 Å².